The molecule has 3 fully saturated rings. The first-order valence-corrected chi connectivity index (χ1v) is 17.7. The Kier molecular flexibility index (Phi) is 7.72. The molecule has 1 saturated heterocycles. The fraction of sp³-hybridized carbons (Fsp3) is 0.314. The minimum atomic E-state index is -4.68. The largest absolute Gasteiger partial charge is 0.497 e. The number of carbonyl (C=O) groups excluding carboxylic acids is 3. The van der Waals surface area contributed by atoms with Crippen molar-refractivity contribution in [1.29, 1.82) is 0 Å². The zero-order valence-corrected chi connectivity index (χ0v) is 28.0. The van der Waals surface area contributed by atoms with E-state index in [1.165, 1.54) is 39.4 Å². The Bertz CT molecular complexity index is 2070. The maximum atomic E-state index is 14.0. The van der Waals surface area contributed by atoms with Crippen LogP contribution in [0, 0.1) is 29.6 Å². The Hall–Kier alpha value is -4.07. The number of thioether (sulfide) groups is 1. The van der Waals surface area contributed by atoms with Gasteiger partial charge in [-0.3, -0.25) is 28.6 Å². The van der Waals surface area contributed by atoms with Gasteiger partial charge in [-0.15, -0.1) is 11.8 Å². The number of alkyl halides is 3. The molecule has 0 radical (unpaired) electrons. The van der Waals surface area contributed by atoms with Gasteiger partial charge in [0.05, 0.1) is 40.9 Å². The number of anilines is 2. The number of amides is 3. The zero-order valence-electron chi connectivity index (χ0n) is 25.6. The van der Waals surface area contributed by atoms with Crippen molar-refractivity contribution in [2.45, 2.75) is 35.3 Å². The first-order chi connectivity index (χ1) is 23.5. The Morgan fingerprint density at radius 1 is 0.959 bits per heavy atom. The van der Waals surface area contributed by atoms with E-state index in [1.54, 1.807) is 31.4 Å². The molecule has 4 aromatic rings. The predicted octanol–water partition coefficient (Wildman–Crippen LogP) is 6.91. The summed E-state index contributed by atoms with van der Waals surface area (Å²) in [7, 11) is 1.57. The molecule has 3 amide bonds. The highest BCUT2D eigenvalue weighted by Gasteiger charge is 2.69. The SMILES string of the molecule is COc1ccc(C2c3sc(=O)n(CC(=O)Nc4ccccc4C(F)(F)F)c3SC3C4CC(C5C(=O)N(c6ccc(Cl)cc6)C(=O)C45)C23)cc1. The molecule has 2 bridgehead atoms. The van der Waals surface area contributed by atoms with Crippen LogP contribution in [0.5, 0.6) is 5.75 Å². The molecule has 4 aliphatic rings. The lowest BCUT2D eigenvalue weighted by Gasteiger charge is -2.43. The van der Waals surface area contributed by atoms with E-state index in [0.717, 1.165) is 27.8 Å². The van der Waals surface area contributed by atoms with E-state index in [1.807, 2.05) is 24.3 Å². The lowest BCUT2D eigenvalue weighted by molar-refractivity contribution is -0.137. The summed E-state index contributed by atoms with van der Waals surface area (Å²) in [5, 5.41) is 3.25. The summed E-state index contributed by atoms with van der Waals surface area (Å²) >= 11 is 8.53. The summed E-state index contributed by atoms with van der Waals surface area (Å²) < 4.78 is 47.6. The van der Waals surface area contributed by atoms with Gasteiger partial charge in [0, 0.05) is 21.1 Å². The molecule has 1 aromatic heterocycles. The fourth-order valence-electron chi connectivity index (χ4n) is 8.46. The van der Waals surface area contributed by atoms with Crippen molar-refractivity contribution in [1.82, 2.24) is 4.57 Å². The third kappa shape index (κ3) is 5.11. The smallest absolute Gasteiger partial charge is 0.418 e. The number of fused-ring (bicyclic) bond motifs is 9. The van der Waals surface area contributed by atoms with E-state index >= 15 is 0 Å². The molecule has 8 rings (SSSR count). The molecule has 7 atom stereocenters. The van der Waals surface area contributed by atoms with E-state index in [2.05, 4.69) is 5.32 Å². The number of hydrogen-bond acceptors (Lipinski definition) is 7. The Labute approximate surface area is 291 Å². The minimum absolute atomic E-state index is 0.0851. The van der Waals surface area contributed by atoms with E-state index < -0.39 is 46.6 Å². The average molecular weight is 726 g/mol. The maximum absolute atomic E-state index is 14.0. The number of para-hydroxylation sites is 1. The standard InChI is InChI=1S/C35H27ClF3N3O5S2/c1-47-19-12-6-16(7-13-19)25-26-20-14-21(28-27(20)31(44)42(32(28)45)18-10-8-17(36)9-11-18)29(26)48-33-30(25)49-34(46)41(33)15-24(43)40-23-5-3-2-4-22(23)35(37,38)39/h2-13,20-21,25-29H,14-15H2,1H3,(H,40,43). The maximum Gasteiger partial charge on any atom is 0.418 e. The van der Waals surface area contributed by atoms with Gasteiger partial charge >= 0.3 is 11.0 Å². The summed E-state index contributed by atoms with van der Waals surface area (Å²) in [4.78, 5) is 56.4. The number of benzene rings is 3. The summed E-state index contributed by atoms with van der Waals surface area (Å²) in [6, 6.07) is 18.8. The number of nitrogens with one attached hydrogen (secondary N) is 1. The Balaban J connectivity index is 1.17. The average Bonchev–Trinajstić information content (AvgIpc) is 3.80. The number of ether oxygens (including phenoxy) is 1. The molecule has 3 aromatic carbocycles. The number of rotatable bonds is 6. The highest BCUT2D eigenvalue weighted by atomic mass is 35.5. The van der Waals surface area contributed by atoms with Crippen LogP contribution >= 0.6 is 34.7 Å². The molecule has 2 aliphatic carbocycles. The van der Waals surface area contributed by atoms with Gasteiger partial charge in [-0.05, 0) is 78.3 Å². The highest BCUT2D eigenvalue weighted by molar-refractivity contribution is 8.00. The monoisotopic (exact) mass is 725 g/mol. The van der Waals surface area contributed by atoms with Crippen molar-refractivity contribution < 1.29 is 32.3 Å². The van der Waals surface area contributed by atoms with Crippen LogP contribution < -0.4 is 19.8 Å². The minimum Gasteiger partial charge on any atom is -0.497 e. The molecule has 2 aliphatic heterocycles. The molecule has 3 heterocycles. The highest BCUT2D eigenvalue weighted by Crippen LogP contribution is 2.69. The summed E-state index contributed by atoms with van der Waals surface area (Å²) in [6.07, 6.45) is -4.01. The molecule has 14 heteroatoms. The predicted molar refractivity (Wildman–Crippen MR) is 179 cm³/mol. The molecule has 2 saturated carbocycles. The van der Waals surface area contributed by atoms with Crippen LogP contribution in [-0.4, -0.2) is 34.6 Å². The van der Waals surface area contributed by atoms with Crippen molar-refractivity contribution in [2.75, 3.05) is 17.3 Å². The second-order valence-electron chi connectivity index (χ2n) is 12.7. The zero-order chi connectivity index (χ0) is 34.4. The fourth-order valence-corrected chi connectivity index (χ4v) is 11.7. The molecule has 49 heavy (non-hydrogen) atoms. The van der Waals surface area contributed by atoms with Crippen LogP contribution in [0.15, 0.2) is 82.6 Å². The normalized spacial score (nSPS) is 26.8. The molecular weight excluding hydrogens is 699 g/mol. The second-order valence-corrected chi connectivity index (χ2v) is 15.3. The molecular formula is C35H27ClF3N3O5S2. The summed E-state index contributed by atoms with van der Waals surface area (Å²) in [5.41, 5.74) is 0.000816. The number of halogens is 4. The van der Waals surface area contributed by atoms with Gasteiger partial charge < -0.3 is 10.1 Å². The molecule has 252 valence electrons. The Morgan fingerprint density at radius 3 is 2.31 bits per heavy atom. The van der Waals surface area contributed by atoms with Gasteiger partial charge in [0.2, 0.25) is 17.7 Å². The number of aromatic nitrogens is 1. The van der Waals surface area contributed by atoms with E-state index in [4.69, 9.17) is 16.3 Å². The van der Waals surface area contributed by atoms with Crippen LogP contribution in [0.3, 0.4) is 0 Å². The van der Waals surface area contributed by atoms with Crippen LogP contribution in [0.4, 0.5) is 24.5 Å². The topological polar surface area (TPSA) is 97.7 Å². The first-order valence-electron chi connectivity index (χ1n) is 15.6. The number of methoxy groups -OCH3 is 1. The molecule has 8 nitrogen and oxygen atoms in total. The van der Waals surface area contributed by atoms with Gasteiger partial charge in [0.1, 0.15) is 12.3 Å². The summed E-state index contributed by atoms with van der Waals surface area (Å²) in [6.45, 7) is -0.488. The van der Waals surface area contributed by atoms with Crippen LogP contribution in [0.2, 0.25) is 5.02 Å². The Morgan fingerprint density at radius 2 is 1.63 bits per heavy atom. The number of nitrogens with zero attached hydrogens (tertiary/aromatic N) is 2. The van der Waals surface area contributed by atoms with Gasteiger partial charge in [-0.25, -0.2) is 0 Å². The molecule has 7 unspecified atom stereocenters. The van der Waals surface area contributed by atoms with Crippen LogP contribution in [-0.2, 0) is 27.1 Å². The third-order valence-electron chi connectivity index (χ3n) is 10.3. The first kappa shape index (κ1) is 32.2. The molecule has 0 spiro atoms. The second kappa shape index (κ2) is 11.8. The lowest BCUT2D eigenvalue weighted by Crippen LogP contribution is -2.43. The van der Waals surface area contributed by atoms with Crippen molar-refractivity contribution in [3.63, 3.8) is 0 Å². The van der Waals surface area contributed by atoms with Gasteiger partial charge in [-0.2, -0.15) is 13.2 Å². The summed E-state index contributed by atoms with van der Waals surface area (Å²) in [5.74, 6) is -2.33. The van der Waals surface area contributed by atoms with Crippen molar-refractivity contribution in [3.05, 3.63) is 103 Å². The van der Waals surface area contributed by atoms with E-state index in [9.17, 15) is 32.3 Å². The number of hydrogen-bond donors (Lipinski definition) is 1. The van der Waals surface area contributed by atoms with Crippen LogP contribution in [0.25, 0.3) is 0 Å². The number of imide groups is 1. The van der Waals surface area contributed by atoms with Gasteiger partial charge in [0.25, 0.3) is 0 Å². The van der Waals surface area contributed by atoms with Crippen molar-refractivity contribution >= 4 is 63.8 Å². The van der Waals surface area contributed by atoms with Gasteiger partial charge in [0.15, 0.2) is 0 Å². The van der Waals surface area contributed by atoms with E-state index in [0.29, 0.717) is 27.9 Å². The van der Waals surface area contributed by atoms with E-state index in [-0.39, 0.29) is 40.7 Å². The quantitative estimate of drug-likeness (QED) is 0.217. The van der Waals surface area contributed by atoms with Crippen molar-refractivity contribution in [2.24, 2.45) is 29.6 Å². The van der Waals surface area contributed by atoms with Crippen molar-refractivity contribution in [3.8, 4) is 5.75 Å². The number of thiazole rings is 1. The molecule has 1 N–H and O–H groups in total. The van der Waals surface area contributed by atoms with Crippen LogP contribution in [0.1, 0.15) is 28.3 Å². The lowest BCUT2D eigenvalue weighted by atomic mass is 9.68. The number of carbonyl (C=O) groups is 3. The van der Waals surface area contributed by atoms with Gasteiger partial charge in [-0.1, -0.05) is 47.2 Å². The third-order valence-corrected chi connectivity index (χ3v) is 13.4.